The number of methoxy groups -OCH3 is 1. The molecule has 1 heterocycles. The number of ether oxygens (including phenoxy) is 2. The summed E-state index contributed by atoms with van der Waals surface area (Å²) < 4.78 is 48.2. The van der Waals surface area contributed by atoms with Crippen LogP contribution in [0.5, 0.6) is 0 Å². The molecular formula is C15H21FN2O5S. The Balaban J connectivity index is 1.96. The number of sulfonamides is 1. The molecule has 0 radical (unpaired) electrons. The number of halogens is 1. The van der Waals surface area contributed by atoms with E-state index in [1.165, 1.54) is 25.3 Å². The molecule has 0 unspecified atom stereocenters. The van der Waals surface area contributed by atoms with Crippen molar-refractivity contribution in [2.75, 3.05) is 46.5 Å². The van der Waals surface area contributed by atoms with Crippen LogP contribution in [0.4, 0.5) is 4.48 Å². The Labute approximate surface area is 140 Å². The fraction of sp³-hybridized carbons (Fsp3) is 0.533. The molecule has 0 aliphatic carbocycles. The van der Waals surface area contributed by atoms with E-state index in [1.54, 1.807) is 0 Å². The molecule has 1 aliphatic rings. The van der Waals surface area contributed by atoms with Gasteiger partial charge in [-0.05, 0) is 35.7 Å². The minimum atomic E-state index is -4.29. The largest absolute Gasteiger partial charge is 0.465 e. The SMILES string of the molecule is COC(=O)c1cccc(S(=O)(=O)N(F)CCCN2CCOCC2)c1. The van der Waals surface area contributed by atoms with Gasteiger partial charge in [-0.1, -0.05) is 6.07 Å². The van der Waals surface area contributed by atoms with E-state index in [4.69, 9.17) is 4.74 Å². The van der Waals surface area contributed by atoms with Crippen LogP contribution in [0.25, 0.3) is 0 Å². The number of carbonyl (C=O) groups excluding carboxylic acids is 1. The first-order valence-electron chi connectivity index (χ1n) is 7.62. The van der Waals surface area contributed by atoms with Gasteiger partial charge in [-0.2, -0.15) is 0 Å². The van der Waals surface area contributed by atoms with E-state index in [9.17, 15) is 17.7 Å². The van der Waals surface area contributed by atoms with Gasteiger partial charge in [-0.25, -0.2) is 13.2 Å². The maximum absolute atomic E-state index is 14.1. The highest BCUT2D eigenvalue weighted by atomic mass is 32.2. The first-order chi connectivity index (χ1) is 11.4. The van der Waals surface area contributed by atoms with E-state index in [-0.39, 0.29) is 21.5 Å². The first kappa shape index (κ1) is 18.8. The van der Waals surface area contributed by atoms with Crippen LogP contribution >= 0.6 is 0 Å². The topological polar surface area (TPSA) is 76.2 Å². The quantitative estimate of drug-likeness (QED) is 0.535. The molecule has 1 aromatic rings. The number of carbonyl (C=O) groups is 1. The molecule has 2 rings (SSSR count). The molecular weight excluding hydrogens is 339 g/mol. The van der Waals surface area contributed by atoms with Crippen LogP contribution in [0.15, 0.2) is 29.2 Å². The van der Waals surface area contributed by atoms with Gasteiger partial charge in [0.25, 0.3) is 10.0 Å². The monoisotopic (exact) mass is 360 g/mol. The number of benzene rings is 1. The normalized spacial score (nSPS) is 16.3. The van der Waals surface area contributed by atoms with Crippen molar-refractivity contribution in [3.8, 4) is 0 Å². The Bertz CT molecular complexity index is 662. The zero-order valence-electron chi connectivity index (χ0n) is 13.5. The molecule has 0 saturated carbocycles. The molecule has 0 aromatic heterocycles. The van der Waals surface area contributed by atoms with Crippen molar-refractivity contribution in [3.63, 3.8) is 0 Å². The Morgan fingerprint density at radius 2 is 2.08 bits per heavy atom. The number of esters is 1. The smallest absolute Gasteiger partial charge is 0.337 e. The van der Waals surface area contributed by atoms with Gasteiger partial charge in [-0.3, -0.25) is 4.90 Å². The average Bonchev–Trinajstić information content (AvgIpc) is 2.62. The molecule has 0 N–H and O–H groups in total. The van der Waals surface area contributed by atoms with Gasteiger partial charge in [0.2, 0.25) is 0 Å². The summed E-state index contributed by atoms with van der Waals surface area (Å²) in [6, 6.07) is 5.14. The predicted octanol–water partition coefficient (Wildman–Crippen LogP) is 1.07. The molecule has 134 valence electrons. The van der Waals surface area contributed by atoms with Crippen molar-refractivity contribution in [1.29, 1.82) is 0 Å². The Hall–Kier alpha value is -1.55. The second-order valence-corrected chi connectivity index (χ2v) is 7.16. The molecule has 1 aromatic carbocycles. The fourth-order valence-electron chi connectivity index (χ4n) is 2.38. The highest BCUT2D eigenvalue weighted by molar-refractivity contribution is 7.89. The highest BCUT2D eigenvalue weighted by Crippen LogP contribution is 2.18. The zero-order chi connectivity index (χ0) is 17.6. The van der Waals surface area contributed by atoms with E-state index in [0.29, 0.717) is 26.2 Å². The van der Waals surface area contributed by atoms with Crippen LogP contribution in [0.2, 0.25) is 0 Å². The minimum absolute atomic E-state index is 0.0558. The van der Waals surface area contributed by atoms with Gasteiger partial charge in [-0.15, -0.1) is 4.48 Å². The first-order valence-corrected chi connectivity index (χ1v) is 9.06. The number of hydrogen-bond acceptors (Lipinski definition) is 6. The zero-order valence-corrected chi connectivity index (χ0v) is 14.3. The molecule has 1 fully saturated rings. The number of nitrogens with zero attached hydrogens (tertiary/aromatic N) is 2. The summed E-state index contributed by atoms with van der Waals surface area (Å²) in [5.74, 6) is -0.676. The van der Waals surface area contributed by atoms with Gasteiger partial charge < -0.3 is 9.47 Å². The summed E-state index contributed by atoms with van der Waals surface area (Å²) in [6.45, 7) is 3.15. The van der Waals surface area contributed by atoms with Gasteiger partial charge >= 0.3 is 5.97 Å². The summed E-state index contributed by atoms with van der Waals surface area (Å²) in [7, 11) is -3.10. The van der Waals surface area contributed by atoms with Crippen LogP contribution in [-0.2, 0) is 19.5 Å². The molecule has 1 aliphatic heterocycles. The van der Waals surface area contributed by atoms with Gasteiger partial charge in [0.05, 0.1) is 30.8 Å². The number of rotatable bonds is 7. The molecule has 1 saturated heterocycles. The predicted molar refractivity (Wildman–Crippen MR) is 84.7 cm³/mol. The number of hydrogen-bond donors (Lipinski definition) is 0. The summed E-state index contributed by atoms with van der Waals surface area (Å²) in [6.07, 6.45) is 0.367. The molecule has 0 atom stereocenters. The lowest BCUT2D eigenvalue weighted by atomic mass is 10.2. The Morgan fingerprint density at radius 3 is 2.75 bits per heavy atom. The van der Waals surface area contributed by atoms with Crippen LogP contribution in [0, 0.1) is 0 Å². The molecule has 0 amide bonds. The Kier molecular flexibility index (Phi) is 6.67. The molecule has 7 nitrogen and oxygen atoms in total. The van der Waals surface area contributed by atoms with Crippen LogP contribution in [0.1, 0.15) is 16.8 Å². The van der Waals surface area contributed by atoms with Crippen molar-refractivity contribution >= 4 is 16.0 Å². The summed E-state index contributed by atoms with van der Waals surface area (Å²) in [5.41, 5.74) is 0.0558. The van der Waals surface area contributed by atoms with Crippen LogP contribution in [-0.4, -0.2) is 70.3 Å². The van der Waals surface area contributed by atoms with Crippen molar-refractivity contribution in [3.05, 3.63) is 29.8 Å². The maximum Gasteiger partial charge on any atom is 0.337 e. The minimum Gasteiger partial charge on any atom is -0.465 e. The van der Waals surface area contributed by atoms with Crippen molar-refractivity contribution in [2.45, 2.75) is 11.3 Å². The molecule has 0 bridgehead atoms. The molecule has 0 spiro atoms. The van der Waals surface area contributed by atoms with Crippen molar-refractivity contribution in [2.24, 2.45) is 0 Å². The van der Waals surface area contributed by atoms with Gasteiger partial charge in [0.15, 0.2) is 0 Å². The third-order valence-corrected chi connectivity index (χ3v) is 5.28. The fourth-order valence-corrected chi connectivity index (χ4v) is 3.50. The van der Waals surface area contributed by atoms with E-state index in [1.807, 2.05) is 0 Å². The number of morpholine rings is 1. The van der Waals surface area contributed by atoms with Crippen molar-refractivity contribution < 1.29 is 27.2 Å². The lowest BCUT2D eigenvalue weighted by molar-refractivity contribution is 0.0342. The molecule has 9 heteroatoms. The van der Waals surface area contributed by atoms with E-state index < -0.39 is 16.0 Å². The van der Waals surface area contributed by atoms with Gasteiger partial charge in [0, 0.05) is 19.6 Å². The maximum atomic E-state index is 14.1. The lowest BCUT2D eigenvalue weighted by Crippen LogP contribution is -2.38. The second kappa shape index (κ2) is 8.52. The van der Waals surface area contributed by atoms with Crippen molar-refractivity contribution in [1.82, 2.24) is 9.43 Å². The standard InChI is InChI=1S/C15H21FN2O5S/c1-22-15(19)13-4-2-5-14(12-13)24(20,21)18(16)7-3-6-17-8-10-23-11-9-17/h2,4-5,12H,3,6-11H2,1H3. The second-order valence-electron chi connectivity index (χ2n) is 5.34. The average molecular weight is 360 g/mol. The van der Waals surface area contributed by atoms with E-state index in [2.05, 4.69) is 9.64 Å². The summed E-state index contributed by atoms with van der Waals surface area (Å²) >= 11 is 0. The summed E-state index contributed by atoms with van der Waals surface area (Å²) in [4.78, 5) is 13.3. The summed E-state index contributed by atoms with van der Waals surface area (Å²) in [5, 5.41) is 0. The Morgan fingerprint density at radius 1 is 1.38 bits per heavy atom. The van der Waals surface area contributed by atoms with E-state index in [0.717, 1.165) is 19.2 Å². The third kappa shape index (κ3) is 4.73. The van der Waals surface area contributed by atoms with Gasteiger partial charge in [0.1, 0.15) is 0 Å². The molecule has 24 heavy (non-hydrogen) atoms. The lowest BCUT2D eigenvalue weighted by Gasteiger charge is -2.26. The van der Waals surface area contributed by atoms with Crippen LogP contribution in [0.3, 0.4) is 0 Å². The van der Waals surface area contributed by atoms with Crippen LogP contribution < -0.4 is 0 Å². The highest BCUT2D eigenvalue weighted by Gasteiger charge is 2.25. The van der Waals surface area contributed by atoms with E-state index >= 15 is 0 Å². The third-order valence-electron chi connectivity index (χ3n) is 3.73.